The Labute approximate surface area is 145 Å². The average Bonchev–Trinajstić information content (AvgIpc) is 3.28. The predicted molar refractivity (Wildman–Crippen MR) is 94.7 cm³/mol. The molecule has 0 aliphatic heterocycles. The highest BCUT2D eigenvalue weighted by molar-refractivity contribution is 7.10. The van der Waals surface area contributed by atoms with Gasteiger partial charge >= 0.3 is 0 Å². The summed E-state index contributed by atoms with van der Waals surface area (Å²) in [5, 5.41) is 7.03. The number of furan rings is 1. The van der Waals surface area contributed by atoms with Crippen molar-refractivity contribution in [2.24, 2.45) is 0 Å². The van der Waals surface area contributed by atoms with E-state index in [2.05, 4.69) is 53.3 Å². The van der Waals surface area contributed by atoms with Gasteiger partial charge in [-0.15, -0.1) is 11.3 Å². The maximum atomic E-state index is 12.1. The van der Waals surface area contributed by atoms with Gasteiger partial charge in [-0.2, -0.15) is 0 Å². The van der Waals surface area contributed by atoms with Gasteiger partial charge in [0.15, 0.2) is 6.54 Å². The molecule has 3 aromatic rings. The Morgan fingerprint density at radius 1 is 1.21 bits per heavy atom. The highest BCUT2D eigenvalue weighted by atomic mass is 32.1. The summed E-state index contributed by atoms with van der Waals surface area (Å²) in [6.07, 6.45) is 1.61. The first kappa shape index (κ1) is 16.5. The van der Waals surface area contributed by atoms with E-state index < -0.39 is 0 Å². The van der Waals surface area contributed by atoms with Gasteiger partial charge in [-0.1, -0.05) is 35.9 Å². The maximum Gasteiger partial charge on any atom is 0.275 e. The molecule has 0 unspecified atom stereocenters. The van der Waals surface area contributed by atoms with Gasteiger partial charge in [0.05, 0.1) is 17.7 Å². The lowest BCUT2D eigenvalue weighted by molar-refractivity contribution is -0.676. The fourth-order valence-corrected chi connectivity index (χ4v) is 3.40. The van der Waals surface area contributed by atoms with Crippen LogP contribution in [-0.2, 0) is 11.3 Å². The van der Waals surface area contributed by atoms with E-state index in [0.29, 0.717) is 13.1 Å². The van der Waals surface area contributed by atoms with Crippen LogP contribution >= 0.6 is 11.3 Å². The van der Waals surface area contributed by atoms with Gasteiger partial charge in [0, 0.05) is 5.56 Å². The van der Waals surface area contributed by atoms with Gasteiger partial charge in [0.1, 0.15) is 11.8 Å². The molecule has 1 aromatic carbocycles. The summed E-state index contributed by atoms with van der Waals surface area (Å²) in [7, 11) is 0. The van der Waals surface area contributed by atoms with Crippen LogP contribution in [0.15, 0.2) is 64.6 Å². The van der Waals surface area contributed by atoms with Crippen LogP contribution in [0.3, 0.4) is 0 Å². The van der Waals surface area contributed by atoms with E-state index in [1.165, 1.54) is 16.0 Å². The Kier molecular flexibility index (Phi) is 5.46. The monoisotopic (exact) mass is 341 g/mol. The van der Waals surface area contributed by atoms with Crippen LogP contribution in [0.1, 0.15) is 27.8 Å². The molecule has 2 aromatic heterocycles. The molecule has 3 N–H and O–H groups in total. The Bertz CT molecular complexity index is 749. The number of hydrogen-bond donors (Lipinski definition) is 2. The molecule has 0 spiro atoms. The van der Waals surface area contributed by atoms with Crippen LogP contribution in [0.5, 0.6) is 0 Å². The molecule has 0 saturated carbocycles. The first-order valence-electron chi connectivity index (χ1n) is 7.95. The molecule has 0 saturated heterocycles. The third-order valence-corrected chi connectivity index (χ3v) is 4.82. The summed E-state index contributed by atoms with van der Waals surface area (Å²) in [5.74, 6) is 0.761. The molecular weight excluding hydrogens is 320 g/mol. The van der Waals surface area contributed by atoms with Gasteiger partial charge in [0.25, 0.3) is 5.91 Å². The number of benzene rings is 1. The second-order valence-electron chi connectivity index (χ2n) is 5.70. The molecule has 124 valence electrons. The van der Waals surface area contributed by atoms with E-state index in [1.54, 1.807) is 17.6 Å². The molecule has 0 fully saturated rings. The largest absolute Gasteiger partial charge is 0.467 e. The average molecular weight is 341 g/mol. The van der Waals surface area contributed by atoms with Crippen molar-refractivity contribution >= 4 is 17.2 Å². The van der Waals surface area contributed by atoms with Gasteiger partial charge in [-0.3, -0.25) is 4.79 Å². The standard InChI is InChI=1S/C19H20N2O2S/c1-14-6-8-15(9-7-14)19(17-5-3-11-24-17)21-13-18(22)20-12-16-4-2-10-23-16/h2-11,19,21H,12-13H2,1H3,(H,20,22)/p+1/t19-/m1/s1. The topological polar surface area (TPSA) is 58.9 Å². The second-order valence-corrected chi connectivity index (χ2v) is 6.68. The zero-order valence-electron chi connectivity index (χ0n) is 13.6. The van der Waals surface area contributed by atoms with Crippen molar-refractivity contribution in [3.63, 3.8) is 0 Å². The van der Waals surface area contributed by atoms with Gasteiger partial charge < -0.3 is 15.1 Å². The SMILES string of the molecule is Cc1ccc([C@@H]([NH2+]CC(=O)NCc2ccco2)c2cccs2)cc1. The predicted octanol–water partition coefficient (Wildman–Crippen LogP) is 2.62. The molecule has 0 aliphatic carbocycles. The number of nitrogens with two attached hydrogens (primary N) is 1. The van der Waals surface area contributed by atoms with Crippen LogP contribution in [0.4, 0.5) is 0 Å². The Hall–Kier alpha value is -2.37. The molecule has 24 heavy (non-hydrogen) atoms. The molecule has 0 radical (unpaired) electrons. The fraction of sp³-hybridized carbons (Fsp3) is 0.211. The minimum atomic E-state index is 0.0000628. The molecule has 3 rings (SSSR count). The van der Waals surface area contributed by atoms with E-state index in [4.69, 9.17) is 4.42 Å². The van der Waals surface area contributed by atoms with Gasteiger partial charge in [-0.05, 0) is 30.5 Å². The van der Waals surface area contributed by atoms with E-state index in [-0.39, 0.29) is 11.9 Å². The summed E-state index contributed by atoms with van der Waals surface area (Å²) in [6.45, 7) is 2.88. The summed E-state index contributed by atoms with van der Waals surface area (Å²) in [4.78, 5) is 13.4. The van der Waals surface area contributed by atoms with E-state index >= 15 is 0 Å². The minimum Gasteiger partial charge on any atom is -0.467 e. The van der Waals surface area contributed by atoms with Crippen molar-refractivity contribution in [3.05, 3.63) is 81.9 Å². The molecular formula is C19H21N2O2S+. The number of hydrogen-bond acceptors (Lipinski definition) is 3. The molecule has 1 amide bonds. The number of quaternary nitrogens is 1. The zero-order valence-corrected chi connectivity index (χ0v) is 14.4. The number of thiophene rings is 1. The Morgan fingerprint density at radius 3 is 2.71 bits per heavy atom. The first-order valence-corrected chi connectivity index (χ1v) is 8.83. The number of carbonyl (C=O) groups is 1. The zero-order chi connectivity index (χ0) is 16.8. The fourth-order valence-electron chi connectivity index (χ4n) is 2.55. The number of nitrogens with one attached hydrogen (secondary N) is 1. The van der Waals surface area contributed by atoms with Gasteiger partial charge in [0.2, 0.25) is 0 Å². The van der Waals surface area contributed by atoms with Crippen molar-refractivity contribution in [2.75, 3.05) is 6.54 Å². The quantitative estimate of drug-likeness (QED) is 0.694. The van der Waals surface area contributed by atoms with Crippen molar-refractivity contribution in [3.8, 4) is 0 Å². The van der Waals surface area contributed by atoms with Crippen LogP contribution in [0, 0.1) is 6.92 Å². The number of aryl methyl sites for hydroxylation is 1. The Morgan fingerprint density at radius 2 is 2.04 bits per heavy atom. The Balaban J connectivity index is 1.62. The molecule has 5 heteroatoms. The smallest absolute Gasteiger partial charge is 0.275 e. The van der Waals surface area contributed by atoms with E-state index in [9.17, 15) is 4.79 Å². The lowest BCUT2D eigenvalue weighted by Crippen LogP contribution is -2.87. The van der Waals surface area contributed by atoms with E-state index in [0.717, 1.165) is 5.76 Å². The minimum absolute atomic E-state index is 0.0000628. The van der Waals surface area contributed by atoms with Crippen LogP contribution in [-0.4, -0.2) is 12.5 Å². The molecule has 4 nitrogen and oxygen atoms in total. The van der Waals surface area contributed by atoms with Crippen LogP contribution in [0.25, 0.3) is 0 Å². The van der Waals surface area contributed by atoms with Crippen molar-refractivity contribution in [1.29, 1.82) is 0 Å². The second kappa shape index (κ2) is 7.95. The lowest BCUT2D eigenvalue weighted by atomic mass is 10.0. The highest BCUT2D eigenvalue weighted by Gasteiger charge is 2.19. The van der Waals surface area contributed by atoms with Crippen molar-refractivity contribution in [1.82, 2.24) is 5.32 Å². The third-order valence-electron chi connectivity index (χ3n) is 3.87. The first-order chi connectivity index (χ1) is 11.7. The summed E-state index contributed by atoms with van der Waals surface area (Å²) < 4.78 is 5.23. The number of rotatable bonds is 7. The van der Waals surface area contributed by atoms with E-state index in [1.807, 2.05) is 18.2 Å². The number of carbonyl (C=O) groups excluding carboxylic acids is 1. The maximum absolute atomic E-state index is 12.1. The van der Waals surface area contributed by atoms with Gasteiger partial charge in [-0.25, -0.2) is 0 Å². The summed E-state index contributed by atoms with van der Waals surface area (Å²) in [5.41, 5.74) is 2.45. The van der Waals surface area contributed by atoms with Crippen molar-refractivity contribution < 1.29 is 14.5 Å². The summed E-state index contributed by atoms with van der Waals surface area (Å²) >= 11 is 1.72. The van der Waals surface area contributed by atoms with Crippen LogP contribution in [0.2, 0.25) is 0 Å². The molecule has 2 heterocycles. The van der Waals surface area contributed by atoms with Crippen LogP contribution < -0.4 is 10.6 Å². The molecule has 0 aliphatic rings. The summed E-state index contributed by atoms with van der Waals surface area (Å²) in [6, 6.07) is 16.5. The van der Waals surface area contributed by atoms with Crippen molar-refractivity contribution in [2.45, 2.75) is 19.5 Å². The molecule has 0 bridgehead atoms. The normalized spacial score (nSPS) is 12.0. The lowest BCUT2D eigenvalue weighted by Gasteiger charge is -2.15. The highest BCUT2D eigenvalue weighted by Crippen LogP contribution is 2.22. The number of amides is 1. The third kappa shape index (κ3) is 4.34. The molecule has 1 atom stereocenters.